The largest absolute Gasteiger partial charge is 0.444 e. The van der Waals surface area contributed by atoms with Crippen molar-refractivity contribution >= 4 is 6.09 Å². The zero-order valence-corrected chi connectivity index (χ0v) is 18.4. The van der Waals surface area contributed by atoms with E-state index in [9.17, 15) is 9.90 Å². The average molecular weight is 411 g/mol. The van der Waals surface area contributed by atoms with Crippen molar-refractivity contribution in [1.29, 1.82) is 0 Å². The van der Waals surface area contributed by atoms with Crippen LogP contribution in [0.4, 0.5) is 4.79 Å². The van der Waals surface area contributed by atoms with Crippen molar-refractivity contribution in [3.8, 4) is 11.8 Å². The summed E-state index contributed by atoms with van der Waals surface area (Å²) in [5.41, 5.74) is -1.11. The monoisotopic (exact) mass is 411 g/mol. The van der Waals surface area contributed by atoms with Gasteiger partial charge in [-0.1, -0.05) is 11.8 Å². The summed E-state index contributed by atoms with van der Waals surface area (Å²) < 4.78 is 29.7. The van der Waals surface area contributed by atoms with Crippen LogP contribution in [0.3, 0.4) is 0 Å². The van der Waals surface area contributed by atoms with Gasteiger partial charge in [-0.25, -0.2) is 4.79 Å². The molecule has 1 amide bonds. The predicted octanol–water partition coefficient (Wildman–Crippen LogP) is 1.89. The number of amides is 1. The molecule has 0 radical (unpaired) electrons. The van der Waals surface area contributed by atoms with E-state index in [2.05, 4.69) is 11.8 Å². The number of likely N-dealkylation sites (tertiary alicyclic amines) is 1. The van der Waals surface area contributed by atoms with E-state index in [1.165, 1.54) is 14.2 Å². The molecule has 2 aliphatic heterocycles. The maximum atomic E-state index is 13.0. The number of methoxy groups -OCH3 is 2. The van der Waals surface area contributed by atoms with Crippen molar-refractivity contribution in [2.75, 3.05) is 27.4 Å². The van der Waals surface area contributed by atoms with Gasteiger partial charge in [0.05, 0.1) is 18.0 Å². The first-order chi connectivity index (χ1) is 13.5. The summed E-state index contributed by atoms with van der Waals surface area (Å²) in [5.74, 6) is 3.20. The maximum absolute atomic E-state index is 13.0. The molecule has 3 fully saturated rings. The molecule has 0 aromatic carbocycles. The van der Waals surface area contributed by atoms with Gasteiger partial charge in [0.25, 0.3) is 0 Å². The van der Waals surface area contributed by atoms with Crippen molar-refractivity contribution in [3.63, 3.8) is 0 Å². The lowest BCUT2D eigenvalue weighted by Crippen LogP contribution is -2.72. The summed E-state index contributed by atoms with van der Waals surface area (Å²) in [6.45, 7) is 9.07. The molecular formula is C21H33NO7. The number of ether oxygens (including phenoxy) is 5. The Balaban J connectivity index is 1.99. The molecule has 1 saturated carbocycles. The molecule has 164 valence electrons. The zero-order valence-electron chi connectivity index (χ0n) is 18.4. The Labute approximate surface area is 172 Å². The topological polar surface area (TPSA) is 86.7 Å². The first-order valence-electron chi connectivity index (χ1n) is 10.0. The summed E-state index contributed by atoms with van der Waals surface area (Å²) in [4.78, 5) is 14.8. The number of fused-ring (bicyclic) bond motifs is 1. The van der Waals surface area contributed by atoms with E-state index >= 15 is 0 Å². The van der Waals surface area contributed by atoms with Gasteiger partial charge in [0.1, 0.15) is 24.4 Å². The minimum atomic E-state index is -1.18. The summed E-state index contributed by atoms with van der Waals surface area (Å²) >= 11 is 0. The number of nitrogens with zero attached hydrogens (tertiary/aromatic N) is 1. The van der Waals surface area contributed by atoms with Crippen LogP contribution in [0.1, 0.15) is 47.5 Å². The van der Waals surface area contributed by atoms with Crippen molar-refractivity contribution in [2.45, 2.75) is 82.4 Å². The van der Waals surface area contributed by atoms with Gasteiger partial charge < -0.3 is 28.8 Å². The van der Waals surface area contributed by atoms with E-state index in [4.69, 9.17) is 23.7 Å². The standard InChI is InChI=1S/C21H33NO7/c1-18(2,3)29-17(24)22-13-15-16(14(9-8-12-23)21(22)10-11-21)28-20(5,26-7)19(4,25-6)27-15/h14-16,23H,10-13H2,1-7H3/t14-,15-,16-,19?,20?/m1/s1. The van der Waals surface area contributed by atoms with Crippen LogP contribution in [0.15, 0.2) is 0 Å². The Kier molecular flexibility index (Phi) is 5.69. The molecular weight excluding hydrogens is 378 g/mol. The van der Waals surface area contributed by atoms with E-state index in [0.29, 0.717) is 6.54 Å². The number of piperidine rings is 1. The second-order valence-electron chi connectivity index (χ2n) is 9.19. The average Bonchev–Trinajstić information content (AvgIpc) is 3.42. The molecule has 5 atom stereocenters. The Morgan fingerprint density at radius 3 is 2.24 bits per heavy atom. The van der Waals surface area contributed by atoms with Gasteiger partial charge in [0.2, 0.25) is 11.6 Å². The smallest absolute Gasteiger partial charge is 0.410 e. The van der Waals surface area contributed by atoms with E-state index in [1.54, 1.807) is 18.7 Å². The number of carbonyl (C=O) groups is 1. The second-order valence-corrected chi connectivity index (χ2v) is 9.19. The maximum Gasteiger partial charge on any atom is 0.410 e. The van der Waals surface area contributed by atoms with E-state index in [0.717, 1.165) is 12.8 Å². The first kappa shape index (κ1) is 22.3. The summed E-state index contributed by atoms with van der Waals surface area (Å²) in [5, 5.41) is 9.29. The molecule has 2 heterocycles. The predicted molar refractivity (Wildman–Crippen MR) is 104 cm³/mol. The Bertz CT molecular complexity index is 704. The zero-order chi connectivity index (χ0) is 21.7. The first-order valence-corrected chi connectivity index (χ1v) is 10.0. The van der Waals surface area contributed by atoms with Crippen LogP contribution in [0.25, 0.3) is 0 Å². The molecule has 29 heavy (non-hydrogen) atoms. The lowest BCUT2D eigenvalue weighted by atomic mass is 9.81. The molecule has 0 aromatic heterocycles. The number of rotatable bonds is 2. The summed E-state index contributed by atoms with van der Waals surface area (Å²) in [6.07, 6.45) is 0.249. The molecule has 2 unspecified atom stereocenters. The third-order valence-corrected chi connectivity index (χ3v) is 6.23. The number of carbonyl (C=O) groups excluding carboxylic acids is 1. The fourth-order valence-corrected chi connectivity index (χ4v) is 4.29. The van der Waals surface area contributed by atoms with Crippen LogP contribution in [-0.4, -0.2) is 78.4 Å². The van der Waals surface area contributed by atoms with E-state index in [-0.39, 0.29) is 12.5 Å². The van der Waals surface area contributed by atoms with Crippen molar-refractivity contribution < 1.29 is 33.6 Å². The van der Waals surface area contributed by atoms with E-state index < -0.39 is 41.0 Å². The van der Waals surface area contributed by atoms with Crippen LogP contribution in [-0.2, 0) is 23.7 Å². The van der Waals surface area contributed by atoms with Crippen LogP contribution in [0, 0.1) is 17.8 Å². The SMILES string of the molecule is COC1(C)O[C@@H]2[C@@H](C#CCO)C3(CC3)N(C(=O)OC(C)(C)C)C[C@H]2OC1(C)OC. The Morgan fingerprint density at radius 1 is 1.17 bits per heavy atom. The minimum absolute atomic E-state index is 0.269. The highest BCUT2D eigenvalue weighted by Gasteiger charge is 2.68. The fourth-order valence-electron chi connectivity index (χ4n) is 4.29. The normalized spacial score (nSPS) is 38.1. The number of hydrogen-bond acceptors (Lipinski definition) is 7. The van der Waals surface area contributed by atoms with Gasteiger partial charge in [-0.3, -0.25) is 4.90 Å². The molecule has 3 aliphatic rings. The fraction of sp³-hybridized carbons (Fsp3) is 0.857. The van der Waals surface area contributed by atoms with Gasteiger partial charge in [-0.15, -0.1) is 0 Å². The number of hydrogen-bond donors (Lipinski definition) is 1. The van der Waals surface area contributed by atoms with Crippen LogP contribution >= 0.6 is 0 Å². The summed E-state index contributed by atoms with van der Waals surface area (Å²) in [6, 6.07) is 0. The molecule has 2 saturated heterocycles. The van der Waals surface area contributed by atoms with Crippen molar-refractivity contribution in [3.05, 3.63) is 0 Å². The van der Waals surface area contributed by atoms with E-state index in [1.807, 2.05) is 20.8 Å². The highest BCUT2D eigenvalue weighted by molar-refractivity contribution is 5.70. The highest BCUT2D eigenvalue weighted by Crippen LogP contribution is 2.56. The van der Waals surface area contributed by atoms with Gasteiger partial charge in [-0.05, 0) is 47.5 Å². The molecule has 1 aliphatic carbocycles. The Morgan fingerprint density at radius 2 is 1.76 bits per heavy atom. The lowest BCUT2D eigenvalue weighted by molar-refractivity contribution is -0.456. The minimum Gasteiger partial charge on any atom is -0.444 e. The molecule has 1 N–H and O–H groups in total. The molecule has 0 bridgehead atoms. The van der Waals surface area contributed by atoms with Crippen LogP contribution < -0.4 is 0 Å². The van der Waals surface area contributed by atoms with Gasteiger partial charge in [0, 0.05) is 14.2 Å². The highest BCUT2D eigenvalue weighted by atomic mass is 16.8. The molecule has 8 nitrogen and oxygen atoms in total. The van der Waals surface area contributed by atoms with Crippen LogP contribution in [0.5, 0.6) is 0 Å². The third-order valence-electron chi connectivity index (χ3n) is 6.23. The molecule has 8 heteroatoms. The summed E-state index contributed by atoms with van der Waals surface area (Å²) in [7, 11) is 3.07. The third kappa shape index (κ3) is 3.75. The lowest BCUT2D eigenvalue weighted by Gasteiger charge is -2.57. The Hall–Kier alpha value is -1.37. The molecule has 1 spiro atoms. The quantitative estimate of drug-likeness (QED) is 0.695. The second kappa shape index (κ2) is 7.40. The van der Waals surface area contributed by atoms with Crippen molar-refractivity contribution in [1.82, 2.24) is 4.90 Å². The molecule has 3 rings (SSSR count). The number of aliphatic hydroxyl groups excluding tert-OH is 1. The van der Waals surface area contributed by atoms with Gasteiger partial charge >= 0.3 is 6.09 Å². The van der Waals surface area contributed by atoms with Crippen molar-refractivity contribution in [2.24, 2.45) is 5.92 Å². The van der Waals surface area contributed by atoms with Crippen LogP contribution in [0.2, 0.25) is 0 Å². The van der Waals surface area contributed by atoms with Gasteiger partial charge in [0.15, 0.2) is 0 Å². The number of aliphatic hydroxyl groups is 1. The molecule has 0 aromatic rings. The van der Waals surface area contributed by atoms with Gasteiger partial charge in [-0.2, -0.15) is 0 Å².